The largest absolute Gasteiger partial charge is 0.335 e. The van der Waals surface area contributed by atoms with Gasteiger partial charge in [0.2, 0.25) is 0 Å². The van der Waals surface area contributed by atoms with Crippen LogP contribution in [0.2, 0.25) is 0 Å². The summed E-state index contributed by atoms with van der Waals surface area (Å²) in [7, 11) is 0. The third kappa shape index (κ3) is 7.26. The Labute approximate surface area is 152 Å². The van der Waals surface area contributed by atoms with Crippen LogP contribution in [0, 0.1) is 5.92 Å². The van der Waals surface area contributed by atoms with Crippen molar-refractivity contribution in [3.8, 4) is 0 Å². The number of carbonyl (C=O) groups is 2. The molecule has 25 heavy (non-hydrogen) atoms. The molecule has 5 nitrogen and oxygen atoms in total. The SMILES string of the molecule is CC[C@@H](C)NC(=O)NC(=O)C[NH2+][C@@H](c1ccc(C(C)C)cc1)C(C)C. The number of benzene rings is 1. The topological polar surface area (TPSA) is 74.8 Å². The molecule has 2 atom stereocenters. The number of carbonyl (C=O) groups excluding carboxylic acids is 2. The standard InChI is InChI=1S/C20H33N3O2/c1-7-15(6)22-20(25)23-18(24)12-21-19(14(4)5)17-10-8-16(9-11-17)13(2)3/h8-11,13-15,19,21H,7,12H2,1-6H3,(H2,22,23,24,25)/p+1/t15-,19-/m1/s1. The lowest BCUT2D eigenvalue weighted by Gasteiger charge is -2.20. The van der Waals surface area contributed by atoms with E-state index in [2.05, 4.69) is 62.6 Å². The van der Waals surface area contributed by atoms with Gasteiger partial charge >= 0.3 is 6.03 Å². The second kappa shape index (κ2) is 10.2. The summed E-state index contributed by atoms with van der Waals surface area (Å²) >= 11 is 0. The zero-order valence-electron chi connectivity index (χ0n) is 16.4. The molecule has 0 aliphatic rings. The van der Waals surface area contributed by atoms with Crippen molar-refractivity contribution >= 4 is 11.9 Å². The Morgan fingerprint density at radius 1 is 1.00 bits per heavy atom. The minimum atomic E-state index is -0.421. The average molecular weight is 349 g/mol. The molecule has 0 fully saturated rings. The summed E-state index contributed by atoms with van der Waals surface area (Å²) in [5, 5.41) is 7.13. The van der Waals surface area contributed by atoms with E-state index in [1.165, 1.54) is 11.1 Å². The van der Waals surface area contributed by atoms with E-state index in [-0.39, 0.29) is 24.5 Å². The van der Waals surface area contributed by atoms with Crippen LogP contribution >= 0.6 is 0 Å². The van der Waals surface area contributed by atoms with E-state index in [4.69, 9.17) is 0 Å². The van der Waals surface area contributed by atoms with E-state index in [1.54, 1.807) is 0 Å². The van der Waals surface area contributed by atoms with Gasteiger partial charge in [-0.15, -0.1) is 0 Å². The molecule has 0 aromatic heterocycles. The fourth-order valence-electron chi connectivity index (χ4n) is 2.67. The van der Waals surface area contributed by atoms with E-state index >= 15 is 0 Å². The van der Waals surface area contributed by atoms with Gasteiger partial charge in [-0.05, 0) is 24.8 Å². The third-order valence-corrected chi connectivity index (χ3v) is 4.51. The quantitative estimate of drug-likeness (QED) is 0.676. The first-order chi connectivity index (χ1) is 11.7. The maximum Gasteiger partial charge on any atom is 0.321 e. The normalized spacial score (nSPS) is 13.6. The van der Waals surface area contributed by atoms with Crippen molar-refractivity contribution in [1.29, 1.82) is 0 Å². The molecule has 1 aromatic carbocycles. The summed E-state index contributed by atoms with van der Waals surface area (Å²) in [5.74, 6) is 0.613. The molecule has 0 radical (unpaired) electrons. The number of hydrogen-bond donors (Lipinski definition) is 3. The smallest absolute Gasteiger partial charge is 0.321 e. The monoisotopic (exact) mass is 348 g/mol. The van der Waals surface area contributed by atoms with E-state index < -0.39 is 6.03 Å². The molecule has 1 aromatic rings. The Balaban J connectivity index is 2.61. The van der Waals surface area contributed by atoms with Crippen LogP contribution in [0.15, 0.2) is 24.3 Å². The van der Waals surface area contributed by atoms with Crippen molar-refractivity contribution in [3.05, 3.63) is 35.4 Å². The molecule has 0 bridgehead atoms. The first kappa shape index (κ1) is 21.2. The van der Waals surface area contributed by atoms with Crippen molar-refractivity contribution in [3.63, 3.8) is 0 Å². The number of urea groups is 1. The molecule has 140 valence electrons. The molecule has 5 heteroatoms. The van der Waals surface area contributed by atoms with E-state index in [0.29, 0.717) is 11.8 Å². The summed E-state index contributed by atoms with van der Waals surface area (Å²) in [4.78, 5) is 23.7. The fourth-order valence-corrected chi connectivity index (χ4v) is 2.67. The van der Waals surface area contributed by atoms with E-state index in [9.17, 15) is 9.59 Å². The summed E-state index contributed by atoms with van der Waals surface area (Å²) < 4.78 is 0. The van der Waals surface area contributed by atoms with Crippen molar-refractivity contribution in [1.82, 2.24) is 10.6 Å². The second-order valence-corrected chi connectivity index (χ2v) is 7.36. The van der Waals surface area contributed by atoms with Crippen LogP contribution in [0.5, 0.6) is 0 Å². The Bertz CT molecular complexity index is 553. The molecule has 0 heterocycles. The molecule has 0 saturated heterocycles. The number of imide groups is 1. The van der Waals surface area contributed by atoms with Crippen LogP contribution in [0.25, 0.3) is 0 Å². The van der Waals surface area contributed by atoms with Crippen LogP contribution in [0.4, 0.5) is 4.79 Å². The van der Waals surface area contributed by atoms with Crippen molar-refractivity contribution in [2.75, 3.05) is 6.54 Å². The highest BCUT2D eigenvalue weighted by Gasteiger charge is 2.21. The Hall–Kier alpha value is -1.88. The Morgan fingerprint density at radius 2 is 1.56 bits per heavy atom. The van der Waals surface area contributed by atoms with Gasteiger partial charge in [0.05, 0.1) is 0 Å². The molecule has 0 saturated carbocycles. The molecule has 0 spiro atoms. The Kier molecular flexibility index (Phi) is 8.62. The van der Waals surface area contributed by atoms with E-state index in [1.807, 2.05) is 19.2 Å². The number of rotatable bonds is 8. The first-order valence-electron chi connectivity index (χ1n) is 9.28. The van der Waals surface area contributed by atoms with Gasteiger partial charge in [0, 0.05) is 17.5 Å². The number of nitrogens with one attached hydrogen (secondary N) is 2. The van der Waals surface area contributed by atoms with Gasteiger partial charge in [0.1, 0.15) is 6.04 Å². The summed E-state index contributed by atoms with van der Waals surface area (Å²) in [6.07, 6.45) is 0.829. The minimum Gasteiger partial charge on any atom is -0.335 e. The van der Waals surface area contributed by atoms with Gasteiger partial charge in [-0.25, -0.2) is 4.79 Å². The van der Waals surface area contributed by atoms with Gasteiger partial charge in [-0.2, -0.15) is 0 Å². The molecule has 0 aliphatic heterocycles. The second-order valence-electron chi connectivity index (χ2n) is 7.36. The highest BCUT2D eigenvalue weighted by Crippen LogP contribution is 2.21. The maximum absolute atomic E-state index is 12.0. The average Bonchev–Trinajstić information content (AvgIpc) is 2.54. The number of hydrogen-bond acceptors (Lipinski definition) is 2. The van der Waals surface area contributed by atoms with Crippen LogP contribution in [-0.2, 0) is 4.79 Å². The fraction of sp³-hybridized carbons (Fsp3) is 0.600. The summed E-state index contributed by atoms with van der Waals surface area (Å²) in [5.41, 5.74) is 2.52. The van der Waals surface area contributed by atoms with Gasteiger partial charge in [0.25, 0.3) is 5.91 Å². The van der Waals surface area contributed by atoms with Crippen LogP contribution in [0.1, 0.15) is 71.0 Å². The number of nitrogens with two attached hydrogens (primary N) is 1. The van der Waals surface area contributed by atoms with Crippen LogP contribution in [0.3, 0.4) is 0 Å². The van der Waals surface area contributed by atoms with Crippen molar-refractivity contribution < 1.29 is 14.9 Å². The number of quaternary nitrogens is 1. The third-order valence-electron chi connectivity index (χ3n) is 4.51. The summed E-state index contributed by atoms with van der Waals surface area (Å²) in [6, 6.07) is 8.42. The van der Waals surface area contributed by atoms with Gasteiger partial charge < -0.3 is 10.6 Å². The van der Waals surface area contributed by atoms with Crippen LogP contribution in [-0.4, -0.2) is 24.5 Å². The zero-order chi connectivity index (χ0) is 19.0. The molecule has 3 amide bonds. The molecule has 0 aliphatic carbocycles. The molecular formula is C20H34N3O2+. The van der Waals surface area contributed by atoms with Crippen LogP contribution < -0.4 is 16.0 Å². The van der Waals surface area contributed by atoms with Gasteiger partial charge in [-0.3, -0.25) is 10.1 Å². The maximum atomic E-state index is 12.0. The zero-order valence-corrected chi connectivity index (χ0v) is 16.4. The molecule has 1 rings (SSSR count). The van der Waals surface area contributed by atoms with Gasteiger partial charge in [-0.1, -0.05) is 58.9 Å². The first-order valence-corrected chi connectivity index (χ1v) is 9.28. The highest BCUT2D eigenvalue weighted by atomic mass is 16.2. The number of amides is 3. The van der Waals surface area contributed by atoms with Gasteiger partial charge in [0.15, 0.2) is 6.54 Å². The molecular weight excluding hydrogens is 314 g/mol. The predicted molar refractivity (Wildman–Crippen MR) is 101 cm³/mol. The predicted octanol–water partition coefficient (Wildman–Crippen LogP) is 2.69. The Morgan fingerprint density at radius 3 is 2.04 bits per heavy atom. The molecule has 4 N–H and O–H groups in total. The summed E-state index contributed by atoms with van der Waals surface area (Å²) in [6.45, 7) is 12.8. The van der Waals surface area contributed by atoms with Crippen molar-refractivity contribution in [2.45, 2.75) is 66.0 Å². The van der Waals surface area contributed by atoms with Crippen molar-refractivity contribution in [2.24, 2.45) is 5.92 Å². The lowest BCUT2D eigenvalue weighted by molar-refractivity contribution is -0.692. The highest BCUT2D eigenvalue weighted by molar-refractivity contribution is 5.94. The van der Waals surface area contributed by atoms with E-state index in [0.717, 1.165) is 6.42 Å². The minimum absolute atomic E-state index is 0.0552. The lowest BCUT2D eigenvalue weighted by atomic mass is 9.93. The lowest BCUT2D eigenvalue weighted by Crippen LogP contribution is -2.88. The molecule has 0 unspecified atom stereocenters.